The molecule has 1 aliphatic rings. The summed E-state index contributed by atoms with van der Waals surface area (Å²) in [5, 5.41) is 0. The summed E-state index contributed by atoms with van der Waals surface area (Å²) in [6.45, 7) is 4.29. The zero-order valence-electron chi connectivity index (χ0n) is 14.7. The fourth-order valence-corrected chi connectivity index (χ4v) is 3.10. The van der Waals surface area contributed by atoms with Crippen molar-refractivity contribution in [2.75, 3.05) is 18.1 Å². The van der Waals surface area contributed by atoms with Gasteiger partial charge in [0.05, 0.1) is 0 Å². The van der Waals surface area contributed by atoms with Crippen LogP contribution in [0, 0.1) is 0 Å². The van der Waals surface area contributed by atoms with Gasteiger partial charge >= 0.3 is 0 Å². The maximum absolute atomic E-state index is 12.7. The van der Waals surface area contributed by atoms with Gasteiger partial charge in [0.2, 0.25) is 0 Å². The van der Waals surface area contributed by atoms with Gasteiger partial charge in [0.25, 0.3) is 5.91 Å². The van der Waals surface area contributed by atoms with Crippen LogP contribution in [0.5, 0.6) is 5.75 Å². The van der Waals surface area contributed by atoms with Crippen LogP contribution in [-0.2, 0) is 17.6 Å². The highest BCUT2D eigenvalue weighted by Gasteiger charge is 2.23. The SMILES string of the molecule is CCc1ccc(OCC(=O)N2CCCc3ccc(C(C)=O)cc32)cc1. The summed E-state index contributed by atoms with van der Waals surface area (Å²) in [7, 11) is 0. The van der Waals surface area contributed by atoms with E-state index in [1.807, 2.05) is 42.5 Å². The molecule has 0 bridgehead atoms. The Morgan fingerprint density at radius 1 is 1.12 bits per heavy atom. The first-order valence-corrected chi connectivity index (χ1v) is 8.74. The number of nitrogens with zero attached hydrogens (tertiary/aromatic N) is 1. The van der Waals surface area contributed by atoms with Gasteiger partial charge in [-0.25, -0.2) is 0 Å². The van der Waals surface area contributed by atoms with E-state index in [1.54, 1.807) is 11.8 Å². The van der Waals surface area contributed by atoms with Crippen LogP contribution in [0.15, 0.2) is 42.5 Å². The van der Waals surface area contributed by atoms with Crippen LogP contribution in [0.3, 0.4) is 0 Å². The summed E-state index contributed by atoms with van der Waals surface area (Å²) in [5.74, 6) is 0.620. The molecule has 4 heteroatoms. The molecule has 0 saturated carbocycles. The van der Waals surface area contributed by atoms with Crippen molar-refractivity contribution in [1.82, 2.24) is 0 Å². The van der Waals surface area contributed by atoms with Crippen LogP contribution in [-0.4, -0.2) is 24.8 Å². The van der Waals surface area contributed by atoms with E-state index in [4.69, 9.17) is 4.74 Å². The third-order valence-corrected chi connectivity index (χ3v) is 4.61. The average molecular weight is 337 g/mol. The fraction of sp³-hybridized carbons (Fsp3) is 0.333. The summed E-state index contributed by atoms with van der Waals surface area (Å²) in [6.07, 6.45) is 2.82. The molecular formula is C21H23NO3. The summed E-state index contributed by atoms with van der Waals surface area (Å²) in [6, 6.07) is 13.4. The number of anilines is 1. The van der Waals surface area contributed by atoms with E-state index in [1.165, 1.54) is 5.56 Å². The monoisotopic (exact) mass is 337 g/mol. The van der Waals surface area contributed by atoms with Crippen molar-refractivity contribution in [3.05, 3.63) is 59.2 Å². The van der Waals surface area contributed by atoms with Gasteiger partial charge in [0.1, 0.15) is 5.75 Å². The second-order valence-electron chi connectivity index (χ2n) is 6.33. The van der Waals surface area contributed by atoms with Gasteiger partial charge in [-0.1, -0.05) is 31.2 Å². The molecule has 1 amide bonds. The Labute approximate surface area is 148 Å². The Bertz CT molecular complexity index is 780. The van der Waals surface area contributed by atoms with Crippen molar-refractivity contribution in [2.24, 2.45) is 0 Å². The second kappa shape index (κ2) is 7.51. The number of rotatable bonds is 5. The maximum atomic E-state index is 12.7. The number of aryl methyl sites for hydroxylation is 2. The van der Waals surface area contributed by atoms with Crippen LogP contribution in [0.2, 0.25) is 0 Å². The predicted octanol–water partition coefficient (Wildman–Crippen LogP) is 3.81. The van der Waals surface area contributed by atoms with Gasteiger partial charge in [-0.2, -0.15) is 0 Å². The zero-order valence-corrected chi connectivity index (χ0v) is 14.7. The highest BCUT2D eigenvalue weighted by molar-refractivity contribution is 5.99. The Hall–Kier alpha value is -2.62. The molecule has 0 fully saturated rings. The first-order chi connectivity index (χ1) is 12.1. The first-order valence-electron chi connectivity index (χ1n) is 8.74. The van der Waals surface area contributed by atoms with Gasteiger partial charge < -0.3 is 9.64 Å². The van der Waals surface area contributed by atoms with Gasteiger partial charge in [-0.05, 0) is 55.5 Å². The van der Waals surface area contributed by atoms with Gasteiger partial charge in [-0.15, -0.1) is 0 Å². The van der Waals surface area contributed by atoms with Gasteiger partial charge in [-0.3, -0.25) is 9.59 Å². The van der Waals surface area contributed by atoms with E-state index < -0.39 is 0 Å². The van der Waals surface area contributed by atoms with Crippen LogP contribution in [0.25, 0.3) is 0 Å². The van der Waals surface area contributed by atoms with E-state index in [-0.39, 0.29) is 18.3 Å². The summed E-state index contributed by atoms with van der Waals surface area (Å²) < 4.78 is 5.66. The minimum atomic E-state index is -0.0822. The molecule has 2 aromatic rings. The van der Waals surface area contributed by atoms with Crippen molar-refractivity contribution in [3.63, 3.8) is 0 Å². The molecule has 0 radical (unpaired) electrons. The van der Waals surface area contributed by atoms with E-state index in [9.17, 15) is 9.59 Å². The van der Waals surface area contributed by atoms with Crippen molar-refractivity contribution in [1.29, 1.82) is 0 Å². The molecule has 130 valence electrons. The Balaban J connectivity index is 1.72. The van der Waals surface area contributed by atoms with Crippen LogP contribution < -0.4 is 9.64 Å². The fourth-order valence-electron chi connectivity index (χ4n) is 3.10. The number of hydrogen-bond acceptors (Lipinski definition) is 3. The maximum Gasteiger partial charge on any atom is 0.264 e. The molecule has 25 heavy (non-hydrogen) atoms. The van der Waals surface area contributed by atoms with E-state index in [2.05, 4.69) is 6.92 Å². The summed E-state index contributed by atoms with van der Waals surface area (Å²) in [4.78, 5) is 26.0. The lowest BCUT2D eigenvalue weighted by Gasteiger charge is -2.30. The van der Waals surface area contributed by atoms with E-state index in [0.29, 0.717) is 17.9 Å². The number of amides is 1. The number of ketones is 1. The number of benzene rings is 2. The van der Waals surface area contributed by atoms with Crippen molar-refractivity contribution >= 4 is 17.4 Å². The molecule has 0 aromatic heterocycles. The zero-order chi connectivity index (χ0) is 17.8. The van der Waals surface area contributed by atoms with Crippen LogP contribution >= 0.6 is 0 Å². The third-order valence-electron chi connectivity index (χ3n) is 4.61. The standard InChI is InChI=1S/C21H23NO3/c1-3-16-6-10-19(11-7-16)25-14-21(24)22-12-4-5-17-8-9-18(15(2)23)13-20(17)22/h6-11,13H,3-5,12,14H2,1-2H3. The lowest BCUT2D eigenvalue weighted by molar-refractivity contribution is -0.120. The van der Waals surface area contributed by atoms with Crippen LogP contribution in [0.4, 0.5) is 5.69 Å². The molecule has 1 aliphatic heterocycles. The van der Waals surface area contributed by atoms with E-state index >= 15 is 0 Å². The lowest BCUT2D eigenvalue weighted by atomic mass is 9.98. The third kappa shape index (κ3) is 3.90. The minimum Gasteiger partial charge on any atom is -0.484 e. The normalized spacial score (nSPS) is 13.3. The summed E-state index contributed by atoms with van der Waals surface area (Å²) >= 11 is 0. The highest BCUT2D eigenvalue weighted by atomic mass is 16.5. The Morgan fingerprint density at radius 2 is 1.88 bits per heavy atom. The van der Waals surface area contributed by atoms with Crippen molar-refractivity contribution in [2.45, 2.75) is 33.1 Å². The quantitative estimate of drug-likeness (QED) is 0.780. The molecule has 0 N–H and O–H groups in total. The number of carbonyl (C=O) groups excluding carboxylic acids is 2. The predicted molar refractivity (Wildman–Crippen MR) is 98.4 cm³/mol. The molecular weight excluding hydrogens is 314 g/mol. The number of hydrogen-bond donors (Lipinski definition) is 0. The lowest BCUT2D eigenvalue weighted by Crippen LogP contribution is -2.38. The smallest absolute Gasteiger partial charge is 0.264 e. The second-order valence-corrected chi connectivity index (χ2v) is 6.33. The molecule has 4 nitrogen and oxygen atoms in total. The first kappa shape index (κ1) is 17.2. The number of Topliss-reactive ketones (excluding diaryl/α,β-unsaturated/α-hetero) is 1. The molecule has 0 saturated heterocycles. The van der Waals surface area contributed by atoms with Crippen molar-refractivity contribution < 1.29 is 14.3 Å². The molecule has 2 aromatic carbocycles. The number of ether oxygens (including phenoxy) is 1. The summed E-state index contributed by atoms with van der Waals surface area (Å²) in [5.41, 5.74) is 3.82. The van der Waals surface area contributed by atoms with Crippen molar-refractivity contribution in [3.8, 4) is 5.75 Å². The molecule has 0 unspecified atom stereocenters. The Kier molecular flexibility index (Phi) is 5.17. The molecule has 0 atom stereocenters. The minimum absolute atomic E-state index is 0.00475. The highest BCUT2D eigenvalue weighted by Crippen LogP contribution is 2.28. The number of fused-ring (bicyclic) bond motifs is 1. The molecule has 0 spiro atoms. The molecule has 3 rings (SSSR count). The van der Waals surface area contributed by atoms with E-state index in [0.717, 1.165) is 30.5 Å². The topological polar surface area (TPSA) is 46.6 Å². The average Bonchev–Trinajstić information content (AvgIpc) is 2.65. The largest absolute Gasteiger partial charge is 0.484 e. The van der Waals surface area contributed by atoms with Gasteiger partial charge in [0, 0.05) is 17.8 Å². The number of carbonyl (C=O) groups is 2. The Morgan fingerprint density at radius 3 is 2.56 bits per heavy atom. The van der Waals surface area contributed by atoms with Gasteiger partial charge in [0.15, 0.2) is 12.4 Å². The van der Waals surface area contributed by atoms with Crippen LogP contribution in [0.1, 0.15) is 41.8 Å². The molecule has 0 aliphatic carbocycles. The molecule has 1 heterocycles.